The summed E-state index contributed by atoms with van der Waals surface area (Å²) < 4.78 is 10.5. The highest BCUT2D eigenvalue weighted by atomic mass is 16.7. The first kappa shape index (κ1) is 14.6. The number of Topliss-reactive ketones (excluding diaryl/α,β-unsaturated/α-hetero) is 1. The lowest BCUT2D eigenvalue weighted by molar-refractivity contribution is -0.168. The van der Waals surface area contributed by atoms with Crippen molar-refractivity contribution >= 4 is 5.78 Å². The van der Waals surface area contributed by atoms with Crippen molar-refractivity contribution in [3.8, 4) is 0 Å². The van der Waals surface area contributed by atoms with Crippen molar-refractivity contribution in [1.29, 1.82) is 0 Å². The first-order valence-corrected chi connectivity index (χ1v) is 5.91. The number of rotatable bonds is 9. The third kappa shape index (κ3) is 6.63. The van der Waals surface area contributed by atoms with Crippen LogP contribution in [0.2, 0.25) is 0 Å². The van der Waals surface area contributed by atoms with E-state index in [2.05, 4.69) is 13.8 Å². The van der Waals surface area contributed by atoms with Crippen LogP contribution in [0.15, 0.2) is 0 Å². The molecule has 15 heavy (non-hydrogen) atoms. The molecule has 0 rings (SSSR count). The van der Waals surface area contributed by atoms with Crippen LogP contribution in [-0.2, 0) is 14.3 Å². The van der Waals surface area contributed by atoms with Crippen LogP contribution in [0.25, 0.3) is 0 Å². The molecule has 0 aromatic rings. The number of ketones is 1. The number of hydrogen-bond donors (Lipinski definition) is 0. The van der Waals surface area contributed by atoms with E-state index in [0.29, 0.717) is 25.6 Å². The maximum atomic E-state index is 11.8. The summed E-state index contributed by atoms with van der Waals surface area (Å²) in [6.45, 7) is 8.99. The fourth-order valence-corrected chi connectivity index (χ4v) is 1.57. The lowest BCUT2D eigenvalue weighted by Crippen LogP contribution is -2.28. The maximum absolute atomic E-state index is 11.8. The lowest BCUT2D eigenvalue weighted by Gasteiger charge is -2.17. The fraction of sp³-hybridized carbons (Fsp3) is 0.917. The molecule has 0 aliphatic carbocycles. The van der Waals surface area contributed by atoms with Crippen molar-refractivity contribution in [1.82, 2.24) is 0 Å². The molecule has 1 atom stereocenters. The van der Waals surface area contributed by atoms with Gasteiger partial charge in [-0.25, -0.2) is 0 Å². The van der Waals surface area contributed by atoms with Crippen molar-refractivity contribution in [3.63, 3.8) is 0 Å². The van der Waals surface area contributed by atoms with Gasteiger partial charge in [0.1, 0.15) is 0 Å². The number of carbonyl (C=O) groups excluding carboxylic acids is 1. The molecule has 0 aliphatic heterocycles. The second-order valence-electron chi connectivity index (χ2n) is 3.81. The summed E-state index contributed by atoms with van der Waals surface area (Å²) in [5, 5.41) is 0. The summed E-state index contributed by atoms with van der Waals surface area (Å²) in [7, 11) is 0. The molecule has 0 bridgehead atoms. The molecule has 3 heteroatoms. The van der Waals surface area contributed by atoms with Gasteiger partial charge in [0.15, 0.2) is 5.78 Å². The van der Waals surface area contributed by atoms with Gasteiger partial charge in [-0.2, -0.15) is 0 Å². The molecule has 0 spiro atoms. The molecule has 90 valence electrons. The van der Waals surface area contributed by atoms with E-state index in [1.807, 2.05) is 13.8 Å². The summed E-state index contributed by atoms with van der Waals surface area (Å²) in [4.78, 5) is 11.8. The van der Waals surface area contributed by atoms with Crippen molar-refractivity contribution in [2.24, 2.45) is 5.92 Å². The minimum atomic E-state index is -0.653. The Kier molecular flexibility index (Phi) is 8.62. The quantitative estimate of drug-likeness (QED) is 0.556. The van der Waals surface area contributed by atoms with Crippen LogP contribution in [0.4, 0.5) is 0 Å². The van der Waals surface area contributed by atoms with E-state index in [9.17, 15) is 4.79 Å². The highest BCUT2D eigenvalue weighted by Crippen LogP contribution is 2.13. The van der Waals surface area contributed by atoms with Crippen molar-refractivity contribution in [2.75, 3.05) is 13.2 Å². The lowest BCUT2D eigenvalue weighted by atomic mass is 9.99. The molecule has 0 N–H and O–H groups in total. The van der Waals surface area contributed by atoms with E-state index in [1.54, 1.807) is 0 Å². The molecule has 0 radical (unpaired) electrons. The van der Waals surface area contributed by atoms with Gasteiger partial charge >= 0.3 is 0 Å². The van der Waals surface area contributed by atoms with E-state index in [1.165, 1.54) is 0 Å². The topological polar surface area (TPSA) is 35.5 Å². The Morgan fingerprint density at radius 2 is 1.67 bits per heavy atom. The zero-order chi connectivity index (χ0) is 11.7. The second kappa shape index (κ2) is 8.86. The fourth-order valence-electron chi connectivity index (χ4n) is 1.57. The van der Waals surface area contributed by atoms with Crippen LogP contribution in [0.5, 0.6) is 0 Å². The zero-order valence-electron chi connectivity index (χ0n) is 10.4. The Morgan fingerprint density at radius 3 is 2.07 bits per heavy atom. The van der Waals surface area contributed by atoms with Gasteiger partial charge in [-0.3, -0.25) is 4.79 Å². The molecule has 3 nitrogen and oxygen atoms in total. The molecule has 0 aromatic carbocycles. The third-order valence-electron chi connectivity index (χ3n) is 2.23. The molecule has 0 aliphatic rings. The smallest absolute Gasteiger partial charge is 0.217 e. The number of ether oxygens (including phenoxy) is 2. The van der Waals surface area contributed by atoms with E-state index in [0.717, 1.165) is 12.8 Å². The summed E-state index contributed by atoms with van der Waals surface area (Å²) in [6.07, 6.45) is 2.09. The Labute approximate surface area is 93.1 Å². The standard InChI is InChI=1S/C12H24O3/c1-5-8-10(4)9-11(13)12(14-6-2)15-7-3/h10,12H,5-9H2,1-4H3. The number of carbonyl (C=O) groups is 1. The van der Waals surface area contributed by atoms with Crippen LogP contribution in [0.3, 0.4) is 0 Å². The van der Waals surface area contributed by atoms with Crippen molar-refractivity contribution in [2.45, 2.75) is 53.2 Å². The van der Waals surface area contributed by atoms with E-state index in [4.69, 9.17) is 9.47 Å². The maximum Gasteiger partial charge on any atom is 0.217 e. The number of hydrogen-bond acceptors (Lipinski definition) is 3. The first-order chi connectivity index (χ1) is 7.15. The van der Waals surface area contributed by atoms with Gasteiger partial charge in [-0.1, -0.05) is 26.7 Å². The average molecular weight is 216 g/mol. The van der Waals surface area contributed by atoms with Crippen LogP contribution >= 0.6 is 0 Å². The molecule has 0 aromatic heterocycles. The normalized spacial score (nSPS) is 13.1. The molecule has 1 unspecified atom stereocenters. The monoisotopic (exact) mass is 216 g/mol. The molecule has 0 heterocycles. The predicted molar refractivity (Wildman–Crippen MR) is 60.7 cm³/mol. The van der Waals surface area contributed by atoms with E-state index in [-0.39, 0.29) is 5.78 Å². The van der Waals surface area contributed by atoms with Gasteiger partial charge < -0.3 is 9.47 Å². The summed E-state index contributed by atoms with van der Waals surface area (Å²) in [6, 6.07) is 0. The van der Waals surface area contributed by atoms with Crippen molar-refractivity contribution in [3.05, 3.63) is 0 Å². The molecular weight excluding hydrogens is 192 g/mol. The Balaban J connectivity index is 4.00. The molecule has 0 saturated heterocycles. The van der Waals surface area contributed by atoms with Gasteiger partial charge in [0, 0.05) is 19.6 Å². The second-order valence-corrected chi connectivity index (χ2v) is 3.81. The average Bonchev–Trinajstić information content (AvgIpc) is 2.17. The summed E-state index contributed by atoms with van der Waals surface area (Å²) >= 11 is 0. The third-order valence-corrected chi connectivity index (χ3v) is 2.23. The Morgan fingerprint density at radius 1 is 1.13 bits per heavy atom. The van der Waals surface area contributed by atoms with E-state index >= 15 is 0 Å². The van der Waals surface area contributed by atoms with Gasteiger partial charge in [-0.05, 0) is 19.8 Å². The SMILES string of the molecule is CCCC(C)CC(=O)C(OCC)OCC. The Hall–Kier alpha value is -0.410. The summed E-state index contributed by atoms with van der Waals surface area (Å²) in [5.74, 6) is 0.491. The minimum absolute atomic E-state index is 0.0691. The zero-order valence-corrected chi connectivity index (χ0v) is 10.4. The highest BCUT2D eigenvalue weighted by Gasteiger charge is 2.20. The molecule has 0 fully saturated rings. The Bertz CT molecular complexity index is 162. The van der Waals surface area contributed by atoms with E-state index < -0.39 is 6.29 Å². The van der Waals surface area contributed by atoms with Gasteiger partial charge in [-0.15, -0.1) is 0 Å². The first-order valence-electron chi connectivity index (χ1n) is 5.91. The van der Waals surface area contributed by atoms with Gasteiger partial charge in [0.2, 0.25) is 6.29 Å². The van der Waals surface area contributed by atoms with Crippen LogP contribution < -0.4 is 0 Å². The molecule has 0 amide bonds. The molecular formula is C12H24O3. The van der Waals surface area contributed by atoms with Crippen LogP contribution in [0, 0.1) is 5.92 Å². The predicted octanol–water partition coefficient (Wildman–Crippen LogP) is 2.78. The minimum Gasteiger partial charge on any atom is -0.346 e. The molecule has 0 saturated carbocycles. The largest absolute Gasteiger partial charge is 0.346 e. The van der Waals surface area contributed by atoms with Crippen LogP contribution in [-0.4, -0.2) is 25.3 Å². The van der Waals surface area contributed by atoms with Gasteiger partial charge in [0.25, 0.3) is 0 Å². The van der Waals surface area contributed by atoms with Crippen LogP contribution in [0.1, 0.15) is 47.0 Å². The summed E-state index contributed by atoms with van der Waals surface area (Å²) in [5.41, 5.74) is 0. The highest BCUT2D eigenvalue weighted by molar-refractivity contribution is 5.82. The van der Waals surface area contributed by atoms with Gasteiger partial charge in [0.05, 0.1) is 0 Å². The van der Waals surface area contributed by atoms with Crippen molar-refractivity contribution < 1.29 is 14.3 Å².